The van der Waals surface area contributed by atoms with Gasteiger partial charge in [0.15, 0.2) is 0 Å². The lowest BCUT2D eigenvalue weighted by Gasteiger charge is -2.29. The fourth-order valence-corrected chi connectivity index (χ4v) is 4.17. The molecule has 0 radical (unpaired) electrons. The monoisotopic (exact) mass is 601 g/mol. The molecule has 1 aromatic carbocycles. The molecule has 0 bridgehead atoms. The summed E-state index contributed by atoms with van der Waals surface area (Å²) in [6.07, 6.45) is -0.481. The summed E-state index contributed by atoms with van der Waals surface area (Å²) in [5, 5.41) is 11.2. The normalized spacial score (nSPS) is 16.1. The van der Waals surface area contributed by atoms with Gasteiger partial charge in [0, 0.05) is 35.9 Å². The molecule has 0 spiro atoms. The van der Waals surface area contributed by atoms with Gasteiger partial charge in [0.25, 0.3) is 0 Å². The third-order valence-corrected chi connectivity index (χ3v) is 7.95. The second-order valence-electron chi connectivity index (χ2n) is 7.01. The highest BCUT2D eigenvalue weighted by atomic mass is 127. The van der Waals surface area contributed by atoms with E-state index >= 15 is 0 Å². The van der Waals surface area contributed by atoms with E-state index < -0.39 is 23.5 Å². The Bertz CT molecular complexity index is 1050. The van der Waals surface area contributed by atoms with Crippen LogP contribution in [-0.2, 0) is 23.9 Å². The van der Waals surface area contributed by atoms with E-state index in [1.54, 1.807) is 6.92 Å². The molecule has 172 valence electrons. The predicted molar refractivity (Wildman–Crippen MR) is 124 cm³/mol. The van der Waals surface area contributed by atoms with Crippen molar-refractivity contribution in [2.75, 3.05) is 6.54 Å². The van der Waals surface area contributed by atoms with Gasteiger partial charge in [-0.2, -0.15) is 27.7 Å². The molecule has 2 unspecified atom stereocenters. The van der Waals surface area contributed by atoms with Crippen LogP contribution in [0.3, 0.4) is 0 Å². The molecule has 0 aliphatic carbocycles. The van der Waals surface area contributed by atoms with Crippen molar-refractivity contribution in [3.63, 3.8) is 0 Å². The van der Waals surface area contributed by atoms with E-state index in [9.17, 15) is 22.4 Å². The minimum atomic E-state index is -4.68. The van der Waals surface area contributed by atoms with Gasteiger partial charge in [0.1, 0.15) is 12.1 Å². The molecule has 3 rings (SSSR count). The summed E-state index contributed by atoms with van der Waals surface area (Å²) in [7, 11) is 0. The first kappa shape index (κ1) is 24.9. The first-order valence-electron chi connectivity index (χ1n) is 9.35. The van der Waals surface area contributed by atoms with Gasteiger partial charge >= 0.3 is 6.18 Å². The maximum Gasteiger partial charge on any atom is 0.416 e. The number of H-pyrrole nitrogens is 1. The minimum Gasteiger partial charge on any atom is -0.364 e. The largest absolute Gasteiger partial charge is 0.416 e. The molecule has 0 saturated carbocycles. The Morgan fingerprint density at radius 2 is 2.22 bits per heavy atom. The molecule has 1 aliphatic heterocycles. The number of hydrogen-bond donors (Lipinski definition) is 1. The number of halogens is 6. The Labute approximate surface area is 201 Å². The fraction of sp³-hybridized carbons (Fsp3) is 0.316. The number of aromatic nitrogens is 2. The average Bonchev–Trinajstić information content (AvgIpc) is 3.18. The molecule has 2 aromatic rings. The molecule has 1 aliphatic rings. The summed E-state index contributed by atoms with van der Waals surface area (Å²) in [5.41, 5.74) is 1.55. The highest BCUT2D eigenvalue weighted by Crippen LogP contribution is 2.39. The summed E-state index contributed by atoms with van der Waals surface area (Å²) in [6, 6.07) is 2.69. The molecule has 0 fully saturated rings. The molecular formula is C19H18ClF4IN5OP. The second kappa shape index (κ2) is 10.5. The first-order valence-corrected chi connectivity index (χ1v) is 13.7. The lowest BCUT2D eigenvalue weighted by atomic mass is 9.88. The van der Waals surface area contributed by atoms with Gasteiger partial charge in [0.2, 0.25) is 0 Å². The van der Waals surface area contributed by atoms with Crippen LogP contribution in [0.4, 0.5) is 17.6 Å². The Morgan fingerprint density at radius 3 is 2.88 bits per heavy atom. The van der Waals surface area contributed by atoms with Crippen molar-refractivity contribution < 1.29 is 22.4 Å². The van der Waals surface area contributed by atoms with Crippen molar-refractivity contribution in [1.29, 1.82) is 0 Å². The van der Waals surface area contributed by atoms with Crippen molar-refractivity contribution in [1.82, 2.24) is 19.4 Å². The highest BCUT2D eigenvalue weighted by molar-refractivity contribution is 14.2. The van der Waals surface area contributed by atoms with E-state index in [1.165, 1.54) is 16.6 Å². The Kier molecular flexibility index (Phi) is 8.16. The van der Waals surface area contributed by atoms with Gasteiger partial charge in [-0.1, -0.05) is 13.0 Å². The van der Waals surface area contributed by atoms with Crippen LogP contribution < -0.4 is 0 Å². The lowest BCUT2D eigenvalue weighted by molar-refractivity contribution is -0.138. The van der Waals surface area contributed by atoms with Gasteiger partial charge in [0.05, 0.1) is 41.8 Å². The number of benzene rings is 1. The van der Waals surface area contributed by atoms with Crippen molar-refractivity contribution >= 4 is 52.7 Å². The summed E-state index contributed by atoms with van der Waals surface area (Å²) in [6.45, 7) is 2.49. The number of aldehydes is 1. The van der Waals surface area contributed by atoms with Gasteiger partial charge in [-0.3, -0.25) is 9.89 Å². The smallest absolute Gasteiger partial charge is 0.364 e. The summed E-state index contributed by atoms with van der Waals surface area (Å²) in [4.78, 5) is 13.0. The lowest BCUT2D eigenvalue weighted by Crippen LogP contribution is -2.31. The van der Waals surface area contributed by atoms with Crippen LogP contribution in [0.25, 0.3) is 0 Å². The summed E-state index contributed by atoms with van der Waals surface area (Å²) in [5.74, 6) is -1.64. The third-order valence-electron chi connectivity index (χ3n) is 5.13. The predicted octanol–water partition coefficient (Wildman–Crippen LogP) is 5.55. The molecule has 0 saturated heterocycles. The van der Waals surface area contributed by atoms with E-state index in [0.29, 0.717) is 43.3 Å². The van der Waals surface area contributed by atoms with E-state index in [4.69, 9.17) is 11.8 Å². The summed E-state index contributed by atoms with van der Waals surface area (Å²) < 4.78 is 55.1. The Hall–Kier alpha value is -1.72. The van der Waals surface area contributed by atoms with Crippen molar-refractivity contribution in [3.8, 4) is 0 Å². The number of alkyl halides is 3. The Balaban J connectivity index is 1.88. The molecular weight excluding hydrogens is 584 g/mol. The van der Waals surface area contributed by atoms with Crippen LogP contribution in [0.2, 0.25) is 0 Å². The molecule has 2 atom stereocenters. The van der Waals surface area contributed by atoms with E-state index in [0.717, 1.165) is 23.4 Å². The highest BCUT2D eigenvalue weighted by Gasteiger charge is 2.36. The van der Waals surface area contributed by atoms with Gasteiger partial charge in [-0.15, -0.1) is 0 Å². The SMILES string of the molecule is CC(c1ccc(F)cc1C(F)(F)F)c1n[nH]c2c1CCN(C(/C=N\N(Cl)PI)=C/C=O)C2. The maximum absolute atomic E-state index is 13.5. The van der Waals surface area contributed by atoms with Crippen LogP contribution >= 0.6 is 40.2 Å². The van der Waals surface area contributed by atoms with Crippen LogP contribution in [-0.4, -0.2) is 38.4 Å². The molecule has 2 heterocycles. The van der Waals surface area contributed by atoms with Crippen LogP contribution in [0.5, 0.6) is 0 Å². The molecule has 32 heavy (non-hydrogen) atoms. The number of hydrogen-bond acceptors (Lipinski definition) is 5. The summed E-state index contributed by atoms with van der Waals surface area (Å²) >= 11 is 7.93. The molecule has 6 nitrogen and oxygen atoms in total. The number of allylic oxidation sites excluding steroid dienone is 2. The van der Waals surface area contributed by atoms with Crippen molar-refractivity contribution in [2.45, 2.75) is 32.0 Å². The number of rotatable bonds is 7. The number of hydrazone groups is 1. The molecule has 0 amide bonds. The van der Waals surface area contributed by atoms with E-state index in [2.05, 4.69) is 37.3 Å². The van der Waals surface area contributed by atoms with Crippen LogP contribution in [0, 0.1) is 5.82 Å². The van der Waals surface area contributed by atoms with Crippen LogP contribution in [0.15, 0.2) is 35.1 Å². The number of carbonyl (C=O) groups is 1. The van der Waals surface area contributed by atoms with Crippen LogP contribution in [0.1, 0.15) is 40.9 Å². The average molecular weight is 602 g/mol. The van der Waals surface area contributed by atoms with Crippen molar-refractivity contribution in [3.05, 3.63) is 63.9 Å². The number of fused-ring (bicyclic) bond motifs is 1. The van der Waals surface area contributed by atoms with Crippen molar-refractivity contribution in [2.24, 2.45) is 5.10 Å². The molecule has 1 aromatic heterocycles. The standard InChI is InChI=1S/C19H18ClF4IN5OP/c1-11(14-3-2-12(21)8-16(14)19(22,23)24)18-15-4-6-29(10-17(15)27-28-18)13(5-7-31)9-26-30(20)32-25/h2-3,5,7-9,11,32H,4,6,10H2,1H3,(H,27,28)/b13-5+,26-9-. The molecule has 1 N–H and O–H groups in total. The number of aromatic amines is 1. The van der Waals surface area contributed by atoms with E-state index in [1.807, 2.05) is 4.90 Å². The Morgan fingerprint density at radius 1 is 1.47 bits per heavy atom. The quantitative estimate of drug-likeness (QED) is 0.0662. The number of nitrogens with zero attached hydrogens (tertiary/aromatic N) is 4. The number of carbonyl (C=O) groups excluding carboxylic acids is 1. The zero-order chi connectivity index (χ0) is 23.5. The topological polar surface area (TPSA) is 64.6 Å². The van der Waals surface area contributed by atoms with E-state index in [-0.39, 0.29) is 11.9 Å². The zero-order valence-corrected chi connectivity index (χ0v) is 20.5. The second-order valence-corrected chi connectivity index (χ2v) is 9.65. The van der Waals surface area contributed by atoms with Gasteiger partial charge in [-0.05, 0) is 46.2 Å². The first-order chi connectivity index (χ1) is 15.2. The maximum atomic E-state index is 13.5. The number of nitrogens with one attached hydrogen (secondary N) is 1. The van der Waals surface area contributed by atoms with Gasteiger partial charge in [-0.25, -0.2) is 4.39 Å². The molecule has 13 heteroatoms. The third kappa shape index (κ3) is 5.60. The van der Waals surface area contributed by atoms with Gasteiger partial charge < -0.3 is 4.90 Å². The minimum absolute atomic E-state index is 0.0360. The fourth-order valence-electron chi connectivity index (χ4n) is 3.65. The zero-order valence-electron chi connectivity index (χ0n) is 16.6.